The molecule has 0 fully saturated rings. The summed E-state index contributed by atoms with van der Waals surface area (Å²) >= 11 is 3.31. The van der Waals surface area contributed by atoms with Gasteiger partial charge in [0.15, 0.2) is 0 Å². The molecular weight excluding hydrogens is 480 g/mol. The molecule has 4 rings (SSSR count). The van der Waals surface area contributed by atoms with Crippen molar-refractivity contribution in [3.8, 4) is 0 Å². The zero-order chi connectivity index (χ0) is 22.5. The van der Waals surface area contributed by atoms with E-state index in [1.54, 1.807) is 29.0 Å². The predicted molar refractivity (Wildman–Crippen MR) is 122 cm³/mol. The molecule has 3 heterocycles. The summed E-state index contributed by atoms with van der Waals surface area (Å²) < 4.78 is 30.6. The number of rotatable bonds is 4. The number of benzene rings is 1. The third-order valence-corrected chi connectivity index (χ3v) is 7.80. The van der Waals surface area contributed by atoms with Gasteiger partial charge in [0.2, 0.25) is 9.84 Å². The number of halogens is 1. The molecule has 0 aliphatic heterocycles. The second-order valence-corrected chi connectivity index (χ2v) is 10.3. The highest BCUT2D eigenvalue weighted by Gasteiger charge is 2.25. The number of aromatic nitrogens is 3. The molecule has 1 atom stereocenters. The van der Waals surface area contributed by atoms with Crippen molar-refractivity contribution in [1.29, 1.82) is 5.41 Å². The molecule has 31 heavy (non-hydrogen) atoms. The second kappa shape index (κ2) is 7.72. The zero-order valence-electron chi connectivity index (χ0n) is 17.3. The first-order chi connectivity index (χ1) is 14.7. The minimum Gasteiger partial charge on any atom is -0.307 e. The lowest BCUT2D eigenvalue weighted by molar-refractivity contribution is 0.508. The summed E-state index contributed by atoms with van der Waals surface area (Å²) in [7, 11) is -4.03. The molecule has 0 saturated carbocycles. The van der Waals surface area contributed by atoms with Crippen LogP contribution in [0.1, 0.15) is 31.9 Å². The molecule has 0 saturated heterocycles. The lowest BCUT2D eigenvalue weighted by atomic mass is 10.2. The van der Waals surface area contributed by atoms with Crippen LogP contribution in [0.15, 0.2) is 67.7 Å². The third kappa shape index (κ3) is 3.41. The fourth-order valence-corrected chi connectivity index (χ4v) is 5.23. The van der Waals surface area contributed by atoms with Crippen LogP contribution < -0.4 is 11.0 Å². The Kier molecular flexibility index (Phi) is 5.35. The first-order valence-corrected chi connectivity index (χ1v) is 12.1. The molecule has 1 aromatic carbocycles. The van der Waals surface area contributed by atoms with Gasteiger partial charge in [0, 0.05) is 16.7 Å². The molecule has 7 nitrogen and oxygen atoms in total. The molecule has 4 aromatic rings. The van der Waals surface area contributed by atoms with Gasteiger partial charge in [0.05, 0.1) is 10.3 Å². The van der Waals surface area contributed by atoms with Gasteiger partial charge >= 0.3 is 0 Å². The normalized spacial score (nSPS) is 13.0. The molecule has 0 radical (unpaired) electrons. The Balaban J connectivity index is 2.18. The van der Waals surface area contributed by atoms with Gasteiger partial charge in [-0.25, -0.2) is 13.4 Å². The van der Waals surface area contributed by atoms with Crippen LogP contribution in [0.5, 0.6) is 0 Å². The first-order valence-electron chi connectivity index (χ1n) is 9.79. The Labute approximate surface area is 187 Å². The van der Waals surface area contributed by atoms with Crippen LogP contribution in [-0.2, 0) is 9.84 Å². The summed E-state index contributed by atoms with van der Waals surface area (Å²) in [5.74, 6) is 0. The fourth-order valence-electron chi connectivity index (χ4n) is 3.59. The molecule has 0 aliphatic carbocycles. The van der Waals surface area contributed by atoms with Gasteiger partial charge in [-0.2, -0.15) is 0 Å². The Morgan fingerprint density at radius 3 is 2.48 bits per heavy atom. The van der Waals surface area contributed by atoms with E-state index in [4.69, 9.17) is 5.41 Å². The minimum absolute atomic E-state index is 0.0592. The van der Waals surface area contributed by atoms with Gasteiger partial charge in [0.25, 0.3) is 5.56 Å². The molecule has 0 amide bonds. The Bertz CT molecular complexity index is 1550. The van der Waals surface area contributed by atoms with E-state index >= 15 is 0 Å². The van der Waals surface area contributed by atoms with Crippen molar-refractivity contribution in [2.24, 2.45) is 0 Å². The van der Waals surface area contributed by atoms with Crippen LogP contribution in [0.3, 0.4) is 0 Å². The third-order valence-electron chi connectivity index (χ3n) is 5.49. The number of fused-ring (bicyclic) bond motifs is 2. The summed E-state index contributed by atoms with van der Waals surface area (Å²) in [6.07, 6.45) is 2.25. The van der Waals surface area contributed by atoms with Crippen molar-refractivity contribution in [2.45, 2.75) is 43.0 Å². The van der Waals surface area contributed by atoms with Gasteiger partial charge in [-0.1, -0.05) is 28.9 Å². The molecule has 0 unspecified atom stereocenters. The van der Waals surface area contributed by atoms with Crippen molar-refractivity contribution < 1.29 is 8.42 Å². The highest BCUT2D eigenvalue weighted by atomic mass is 79.9. The van der Waals surface area contributed by atoms with Gasteiger partial charge in [-0.05, 0) is 62.2 Å². The monoisotopic (exact) mass is 500 g/mol. The van der Waals surface area contributed by atoms with Crippen molar-refractivity contribution in [2.75, 3.05) is 0 Å². The van der Waals surface area contributed by atoms with E-state index in [2.05, 4.69) is 20.9 Å². The average molecular weight is 501 g/mol. The molecule has 3 aromatic heterocycles. The van der Waals surface area contributed by atoms with Gasteiger partial charge in [0.1, 0.15) is 21.7 Å². The van der Waals surface area contributed by atoms with Crippen LogP contribution in [0.25, 0.3) is 16.7 Å². The molecule has 9 heteroatoms. The summed E-state index contributed by atoms with van der Waals surface area (Å²) in [5, 5.41) is 8.93. The maximum Gasteiger partial charge on any atom is 0.267 e. The number of aryl methyl sites for hydroxylation is 1. The molecule has 1 N–H and O–H groups in total. The van der Waals surface area contributed by atoms with E-state index in [1.165, 1.54) is 22.6 Å². The summed E-state index contributed by atoms with van der Waals surface area (Å²) in [6, 6.07) is 10.9. The SMILES string of the molecule is CC[C@@H](C)n1c(=N)c(S(=O)(=O)c2ccc(Br)cc2)cc2c(=O)n3cccc(C)c3nc21. The second-order valence-electron chi connectivity index (χ2n) is 7.48. The Hall–Kier alpha value is -2.78. The number of hydrogen-bond acceptors (Lipinski definition) is 5. The largest absolute Gasteiger partial charge is 0.307 e. The first kappa shape index (κ1) is 21.5. The average Bonchev–Trinajstić information content (AvgIpc) is 2.74. The van der Waals surface area contributed by atoms with Gasteiger partial charge in [-0.15, -0.1) is 0 Å². The van der Waals surface area contributed by atoms with Crippen molar-refractivity contribution in [1.82, 2.24) is 14.0 Å². The zero-order valence-corrected chi connectivity index (χ0v) is 19.7. The van der Waals surface area contributed by atoms with Gasteiger partial charge in [-0.3, -0.25) is 14.6 Å². The van der Waals surface area contributed by atoms with E-state index in [9.17, 15) is 13.2 Å². The Morgan fingerprint density at radius 2 is 1.84 bits per heavy atom. The summed E-state index contributed by atoms with van der Waals surface area (Å²) in [6.45, 7) is 5.68. The standard InChI is InChI=1S/C22H21BrN4O3S/c1-4-14(3)27-19(24)18(31(29,30)16-9-7-15(23)8-10-16)12-17-21(27)25-20-13(2)6-5-11-26(20)22(17)28/h5-12,14,24H,4H2,1-3H3/t14-/m1/s1. The molecule has 0 bridgehead atoms. The van der Waals surface area contributed by atoms with Crippen LogP contribution in [-0.4, -0.2) is 22.4 Å². The van der Waals surface area contributed by atoms with E-state index < -0.39 is 9.84 Å². The molecule has 0 aliphatic rings. The number of pyridine rings is 2. The van der Waals surface area contributed by atoms with Crippen LogP contribution in [0, 0.1) is 12.3 Å². The van der Waals surface area contributed by atoms with E-state index in [1.807, 2.05) is 26.8 Å². The number of nitrogens with zero attached hydrogens (tertiary/aromatic N) is 3. The molecule has 160 valence electrons. The quantitative estimate of drug-likeness (QED) is 0.428. The maximum absolute atomic E-state index is 13.4. The number of sulfone groups is 1. The highest BCUT2D eigenvalue weighted by Crippen LogP contribution is 2.24. The van der Waals surface area contributed by atoms with E-state index in [0.717, 1.165) is 10.0 Å². The lowest BCUT2D eigenvalue weighted by Gasteiger charge is -2.19. The predicted octanol–water partition coefficient (Wildman–Crippen LogP) is 4.00. The van der Waals surface area contributed by atoms with Crippen LogP contribution in [0.2, 0.25) is 0 Å². The van der Waals surface area contributed by atoms with Gasteiger partial charge < -0.3 is 4.57 Å². The lowest BCUT2D eigenvalue weighted by Crippen LogP contribution is -2.31. The summed E-state index contributed by atoms with van der Waals surface area (Å²) in [4.78, 5) is 17.8. The summed E-state index contributed by atoms with van der Waals surface area (Å²) in [5.41, 5.74) is 1.06. The number of nitrogens with one attached hydrogen (secondary N) is 1. The topological polar surface area (TPSA) is 97.3 Å². The van der Waals surface area contributed by atoms with E-state index in [-0.39, 0.29) is 32.3 Å². The Morgan fingerprint density at radius 1 is 1.16 bits per heavy atom. The highest BCUT2D eigenvalue weighted by molar-refractivity contribution is 9.10. The minimum atomic E-state index is -4.03. The smallest absolute Gasteiger partial charge is 0.267 e. The van der Waals surface area contributed by atoms with Crippen molar-refractivity contribution in [3.05, 3.63) is 74.5 Å². The van der Waals surface area contributed by atoms with E-state index in [0.29, 0.717) is 17.7 Å². The fraction of sp³-hybridized carbons (Fsp3) is 0.227. The van der Waals surface area contributed by atoms with Crippen molar-refractivity contribution >= 4 is 42.4 Å². The maximum atomic E-state index is 13.4. The molecular formula is C22H21BrN4O3S. The number of hydrogen-bond donors (Lipinski definition) is 1. The van der Waals surface area contributed by atoms with Crippen molar-refractivity contribution in [3.63, 3.8) is 0 Å². The molecule has 0 spiro atoms. The van der Waals surface area contributed by atoms with Crippen LogP contribution >= 0.6 is 15.9 Å². The van der Waals surface area contributed by atoms with Crippen LogP contribution in [0.4, 0.5) is 0 Å².